The molecule has 0 saturated carbocycles. The van der Waals surface area contributed by atoms with Crippen molar-refractivity contribution in [1.29, 1.82) is 0 Å². The highest BCUT2D eigenvalue weighted by molar-refractivity contribution is 5.30. The summed E-state index contributed by atoms with van der Waals surface area (Å²) in [5.41, 5.74) is 7.56. The molecule has 1 aromatic rings. The molecule has 0 aliphatic carbocycles. The van der Waals surface area contributed by atoms with Crippen LogP contribution in [-0.4, -0.2) is 6.04 Å². The molecule has 0 aliphatic heterocycles. The third-order valence-electron chi connectivity index (χ3n) is 2.30. The lowest BCUT2D eigenvalue weighted by Crippen LogP contribution is -2.15. The Morgan fingerprint density at radius 3 is 2.47 bits per heavy atom. The van der Waals surface area contributed by atoms with Gasteiger partial charge >= 0.3 is 0 Å². The Labute approximate surface area is 89.3 Å². The molecule has 1 atom stereocenters. The number of hydrogen-bond acceptors (Lipinski definition) is 1. The third-order valence-corrected chi connectivity index (χ3v) is 2.30. The molecule has 15 heavy (non-hydrogen) atoms. The molecule has 0 fully saturated rings. The first kappa shape index (κ1) is 12.1. The molecule has 1 rings (SSSR count). The minimum atomic E-state index is -2.39. The molecule has 0 aliphatic rings. The predicted octanol–water partition coefficient (Wildman–Crippen LogP) is 3.21. The van der Waals surface area contributed by atoms with Crippen molar-refractivity contribution in [1.82, 2.24) is 0 Å². The van der Waals surface area contributed by atoms with Crippen molar-refractivity contribution in [2.24, 2.45) is 5.73 Å². The minimum Gasteiger partial charge on any atom is -0.328 e. The summed E-state index contributed by atoms with van der Waals surface area (Å²) in [5.74, 6) is 0. The fourth-order valence-electron chi connectivity index (χ4n) is 1.56. The highest BCUT2D eigenvalue weighted by atomic mass is 19.3. The summed E-state index contributed by atoms with van der Waals surface area (Å²) in [7, 11) is 0. The first-order chi connectivity index (χ1) is 6.99. The van der Waals surface area contributed by atoms with Crippen LogP contribution >= 0.6 is 0 Å². The number of hydrogen-bond donors (Lipinski definition) is 1. The van der Waals surface area contributed by atoms with E-state index in [-0.39, 0.29) is 11.6 Å². The first-order valence-electron chi connectivity index (χ1n) is 5.13. The standard InChI is InChI=1S/C12H17F2N/c1-8-5-10(4-3-9(2)15)7-11(6-8)12(13)14/h5-7,9,12H,3-4,15H2,1-2H3. The zero-order valence-corrected chi connectivity index (χ0v) is 9.13. The van der Waals surface area contributed by atoms with Gasteiger partial charge in [-0.15, -0.1) is 0 Å². The Bertz CT molecular complexity index is 321. The first-order valence-corrected chi connectivity index (χ1v) is 5.13. The third kappa shape index (κ3) is 3.96. The van der Waals surface area contributed by atoms with Gasteiger partial charge in [-0.05, 0) is 32.3 Å². The van der Waals surface area contributed by atoms with Crippen molar-refractivity contribution in [3.05, 3.63) is 34.9 Å². The second-order valence-corrected chi connectivity index (χ2v) is 4.07. The topological polar surface area (TPSA) is 26.0 Å². The lowest BCUT2D eigenvalue weighted by molar-refractivity contribution is 0.151. The number of alkyl halides is 2. The summed E-state index contributed by atoms with van der Waals surface area (Å²) in [6.07, 6.45) is -0.801. The number of aryl methyl sites for hydroxylation is 2. The van der Waals surface area contributed by atoms with Crippen molar-refractivity contribution < 1.29 is 8.78 Å². The molecule has 3 heteroatoms. The zero-order valence-electron chi connectivity index (χ0n) is 9.13. The molecule has 0 saturated heterocycles. The van der Waals surface area contributed by atoms with Crippen LogP contribution in [0.25, 0.3) is 0 Å². The van der Waals surface area contributed by atoms with Gasteiger partial charge < -0.3 is 5.73 Å². The fourth-order valence-corrected chi connectivity index (χ4v) is 1.56. The summed E-state index contributed by atoms with van der Waals surface area (Å²) in [6, 6.07) is 5.15. The van der Waals surface area contributed by atoms with E-state index in [0.717, 1.165) is 24.0 Å². The van der Waals surface area contributed by atoms with Gasteiger partial charge in [0.25, 0.3) is 6.43 Å². The van der Waals surface area contributed by atoms with E-state index in [1.165, 1.54) is 6.07 Å². The Morgan fingerprint density at radius 2 is 1.93 bits per heavy atom. The summed E-state index contributed by atoms with van der Waals surface area (Å²) >= 11 is 0. The molecule has 0 aromatic heterocycles. The molecule has 0 bridgehead atoms. The van der Waals surface area contributed by atoms with E-state index in [1.54, 1.807) is 6.07 Å². The van der Waals surface area contributed by atoms with E-state index in [4.69, 9.17) is 5.73 Å². The second-order valence-electron chi connectivity index (χ2n) is 4.07. The number of benzene rings is 1. The van der Waals surface area contributed by atoms with E-state index in [9.17, 15) is 8.78 Å². The summed E-state index contributed by atoms with van der Waals surface area (Å²) in [4.78, 5) is 0. The Morgan fingerprint density at radius 1 is 1.27 bits per heavy atom. The van der Waals surface area contributed by atoms with Crippen LogP contribution in [-0.2, 0) is 6.42 Å². The lowest BCUT2D eigenvalue weighted by Gasteiger charge is -2.08. The van der Waals surface area contributed by atoms with E-state index in [0.29, 0.717) is 0 Å². The Kier molecular flexibility index (Phi) is 4.21. The van der Waals surface area contributed by atoms with E-state index < -0.39 is 6.43 Å². The normalized spacial score (nSPS) is 13.2. The smallest absolute Gasteiger partial charge is 0.263 e. The monoisotopic (exact) mass is 213 g/mol. The Hall–Kier alpha value is -0.960. The highest BCUT2D eigenvalue weighted by Crippen LogP contribution is 2.22. The molecule has 1 aromatic carbocycles. The van der Waals surface area contributed by atoms with Gasteiger partial charge in [0.05, 0.1) is 0 Å². The molecule has 84 valence electrons. The van der Waals surface area contributed by atoms with Crippen LogP contribution in [0.15, 0.2) is 18.2 Å². The SMILES string of the molecule is Cc1cc(CCC(C)N)cc(C(F)F)c1. The molecule has 0 heterocycles. The largest absolute Gasteiger partial charge is 0.328 e. The van der Waals surface area contributed by atoms with Crippen LogP contribution in [0.2, 0.25) is 0 Å². The molecule has 0 radical (unpaired) electrons. The van der Waals surface area contributed by atoms with E-state index >= 15 is 0 Å². The van der Waals surface area contributed by atoms with Crippen LogP contribution in [0.5, 0.6) is 0 Å². The maximum Gasteiger partial charge on any atom is 0.263 e. The van der Waals surface area contributed by atoms with Gasteiger partial charge in [0, 0.05) is 11.6 Å². The predicted molar refractivity (Wildman–Crippen MR) is 58.1 cm³/mol. The van der Waals surface area contributed by atoms with Gasteiger partial charge in [-0.3, -0.25) is 0 Å². The molecular weight excluding hydrogens is 196 g/mol. The minimum absolute atomic E-state index is 0.106. The molecule has 1 nitrogen and oxygen atoms in total. The van der Waals surface area contributed by atoms with Crippen LogP contribution < -0.4 is 5.73 Å². The van der Waals surface area contributed by atoms with Crippen molar-refractivity contribution in [2.75, 3.05) is 0 Å². The summed E-state index contributed by atoms with van der Waals surface area (Å²) in [5, 5.41) is 0. The quantitative estimate of drug-likeness (QED) is 0.816. The number of nitrogens with two attached hydrogens (primary N) is 1. The van der Waals surface area contributed by atoms with Crippen molar-refractivity contribution in [3.63, 3.8) is 0 Å². The molecule has 1 unspecified atom stereocenters. The van der Waals surface area contributed by atoms with Gasteiger partial charge in [-0.2, -0.15) is 0 Å². The van der Waals surface area contributed by atoms with Gasteiger partial charge in [0.1, 0.15) is 0 Å². The highest BCUT2D eigenvalue weighted by Gasteiger charge is 2.08. The van der Waals surface area contributed by atoms with Crippen molar-refractivity contribution >= 4 is 0 Å². The molecule has 0 amide bonds. The number of halogens is 2. The Balaban J connectivity index is 2.79. The van der Waals surface area contributed by atoms with E-state index in [1.807, 2.05) is 19.9 Å². The maximum absolute atomic E-state index is 12.5. The molecule has 2 N–H and O–H groups in total. The molecular formula is C12H17F2N. The van der Waals surface area contributed by atoms with Gasteiger partial charge in [-0.1, -0.05) is 23.8 Å². The fraction of sp³-hybridized carbons (Fsp3) is 0.500. The van der Waals surface area contributed by atoms with Crippen LogP contribution in [0.1, 0.15) is 36.5 Å². The lowest BCUT2D eigenvalue weighted by atomic mass is 10.0. The van der Waals surface area contributed by atoms with Crippen LogP contribution in [0.4, 0.5) is 8.78 Å². The summed E-state index contributed by atoms with van der Waals surface area (Å²) < 4.78 is 25.0. The second kappa shape index (κ2) is 5.21. The van der Waals surface area contributed by atoms with Crippen molar-refractivity contribution in [3.8, 4) is 0 Å². The zero-order chi connectivity index (χ0) is 11.4. The van der Waals surface area contributed by atoms with Gasteiger partial charge in [-0.25, -0.2) is 8.78 Å². The average Bonchev–Trinajstić information content (AvgIpc) is 2.13. The summed E-state index contributed by atoms with van der Waals surface area (Å²) in [6.45, 7) is 3.76. The number of rotatable bonds is 4. The molecule has 0 spiro atoms. The average molecular weight is 213 g/mol. The van der Waals surface area contributed by atoms with Crippen molar-refractivity contribution in [2.45, 2.75) is 39.2 Å². The van der Waals surface area contributed by atoms with Crippen LogP contribution in [0, 0.1) is 6.92 Å². The van der Waals surface area contributed by atoms with Crippen LogP contribution in [0.3, 0.4) is 0 Å². The van der Waals surface area contributed by atoms with Gasteiger partial charge in [0.2, 0.25) is 0 Å². The van der Waals surface area contributed by atoms with Gasteiger partial charge in [0.15, 0.2) is 0 Å². The van der Waals surface area contributed by atoms with E-state index in [2.05, 4.69) is 0 Å². The maximum atomic E-state index is 12.5.